The van der Waals surface area contributed by atoms with Crippen molar-refractivity contribution in [3.05, 3.63) is 0 Å². The molecule has 1 aliphatic heterocycles. The molecule has 0 saturated carbocycles. The number of piperidine rings is 1. The lowest BCUT2D eigenvalue weighted by atomic mass is 9.90. The molecule has 1 amide bonds. The summed E-state index contributed by atoms with van der Waals surface area (Å²) >= 11 is 0. The van der Waals surface area contributed by atoms with E-state index in [0.29, 0.717) is 0 Å². The molecule has 6 nitrogen and oxygen atoms in total. The van der Waals surface area contributed by atoms with E-state index in [1.165, 1.54) is 14.2 Å². The van der Waals surface area contributed by atoms with E-state index in [0.717, 1.165) is 25.9 Å². The van der Waals surface area contributed by atoms with Crippen molar-refractivity contribution in [2.45, 2.75) is 18.9 Å². The van der Waals surface area contributed by atoms with Gasteiger partial charge in [0.2, 0.25) is 0 Å². The van der Waals surface area contributed by atoms with E-state index in [1.807, 2.05) is 0 Å². The van der Waals surface area contributed by atoms with Crippen molar-refractivity contribution in [3.63, 3.8) is 0 Å². The number of ether oxygens (including phenoxy) is 2. The van der Waals surface area contributed by atoms with E-state index in [9.17, 15) is 9.59 Å². The van der Waals surface area contributed by atoms with Crippen LogP contribution in [-0.2, 0) is 14.3 Å². The summed E-state index contributed by atoms with van der Waals surface area (Å²) in [5.41, 5.74) is 0. The second-order valence-corrected chi connectivity index (χ2v) is 3.72. The SMILES string of the molecule is COC(=O)NC(C(=O)OC)C1CCNCC1. The number of nitrogens with one attached hydrogen (secondary N) is 2. The van der Waals surface area contributed by atoms with E-state index in [2.05, 4.69) is 20.1 Å². The molecule has 16 heavy (non-hydrogen) atoms. The van der Waals surface area contributed by atoms with Crippen LogP contribution in [0.2, 0.25) is 0 Å². The Morgan fingerprint density at radius 1 is 1.25 bits per heavy atom. The molecule has 0 spiro atoms. The fourth-order valence-electron chi connectivity index (χ4n) is 1.86. The van der Waals surface area contributed by atoms with Crippen LogP contribution in [0.25, 0.3) is 0 Å². The second-order valence-electron chi connectivity index (χ2n) is 3.72. The molecule has 1 atom stereocenters. The molecule has 1 unspecified atom stereocenters. The smallest absolute Gasteiger partial charge is 0.407 e. The summed E-state index contributed by atoms with van der Waals surface area (Å²) in [6, 6.07) is -0.612. The number of carbonyl (C=O) groups excluding carboxylic acids is 2. The Bertz CT molecular complexity index is 251. The average Bonchev–Trinajstić information content (AvgIpc) is 2.35. The Balaban J connectivity index is 2.61. The average molecular weight is 230 g/mol. The predicted octanol–water partition coefficient (Wildman–Crippen LogP) is -0.116. The van der Waals surface area contributed by atoms with Gasteiger partial charge in [-0.3, -0.25) is 0 Å². The summed E-state index contributed by atoms with van der Waals surface area (Å²) in [7, 11) is 2.58. The Labute approximate surface area is 94.7 Å². The van der Waals surface area contributed by atoms with Crippen molar-refractivity contribution in [3.8, 4) is 0 Å². The molecule has 0 radical (unpaired) electrons. The van der Waals surface area contributed by atoms with Gasteiger partial charge in [0, 0.05) is 0 Å². The van der Waals surface area contributed by atoms with Crippen molar-refractivity contribution in [1.82, 2.24) is 10.6 Å². The summed E-state index contributed by atoms with van der Waals surface area (Å²) in [4.78, 5) is 22.7. The summed E-state index contributed by atoms with van der Waals surface area (Å²) in [6.07, 6.45) is 1.07. The highest BCUT2D eigenvalue weighted by Gasteiger charge is 2.31. The molecule has 92 valence electrons. The second kappa shape index (κ2) is 6.32. The molecule has 6 heteroatoms. The first kappa shape index (κ1) is 12.8. The van der Waals surface area contributed by atoms with Gasteiger partial charge in [0.15, 0.2) is 0 Å². The summed E-state index contributed by atoms with van der Waals surface area (Å²) in [5, 5.41) is 5.72. The third-order valence-electron chi connectivity index (χ3n) is 2.77. The largest absolute Gasteiger partial charge is 0.467 e. The number of amides is 1. The number of hydrogen-bond donors (Lipinski definition) is 2. The minimum atomic E-state index is -0.612. The predicted molar refractivity (Wildman–Crippen MR) is 56.9 cm³/mol. The van der Waals surface area contributed by atoms with Crippen molar-refractivity contribution in [2.75, 3.05) is 27.3 Å². The van der Waals surface area contributed by atoms with E-state index >= 15 is 0 Å². The summed E-state index contributed by atoms with van der Waals surface area (Å²) < 4.78 is 9.17. The van der Waals surface area contributed by atoms with Crippen molar-refractivity contribution < 1.29 is 19.1 Å². The minimum absolute atomic E-state index is 0.104. The number of carbonyl (C=O) groups is 2. The molecule has 0 aromatic heterocycles. The zero-order valence-electron chi connectivity index (χ0n) is 9.62. The van der Waals surface area contributed by atoms with Crippen molar-refractivity contribution in [1.29, 1.82) is 0 Å². The fourth-order valence-corrected chi connectivity index (χ4v) is 1.86. The van der Waals surface area contributed by atoms with Crippen molar-refractivity contribution >= 4 is 12.1 Å². The fraction of sp³-hybridized carbons (Fsp3) is 0.800. The van der Waals surface area contributed by atoms with E-state index in [-0.39, 0.29) is 5.92 Å². The highest BCUT2D eigenvalue weighted by atomic mass is 16.5. The van der Waals surface area contributed by atoms with Crippen LogP contribution in [0.4, 0.5) is 4.79 Å². The topological polar surface area (TPSA) is 76.7 Å². The minimum Gasteiger partial charge on any atom is -0.467 e. The van der Waals surface area contributed by atoms with Gasteiger partial charge in [-0.15, -0.1) is 0 Å². The van der Waals surface area contributed by atoms with Crippen LogP contribution in [0.3, 0.4) is 0 Å². The standard InChI is InChI=1S/C10H18N2O4/c1-15-9(13)8(12-10(14)16-2)7-3-5-11-6-4-7/h7-8,11H,3-6H2,1-2H3,(H,12,14). The molecular weight excluding hydrogens is 212 g/mol. The molecule has 2 N–H and O–H groups in total. The van der Waals surface area contributed by atoms with Gasteiger partial charge in [-0.2, -0.15) is 0 Å². The van der Waals surface area contributed by atoms with Crippen LogP contribution in [0, 0.1) is 5.92 Å². The Hall–Kier alpha value is -1.30. The van der Waals surface area contributed by atoms with Crippen molar-refractivity contribution in [2.24, 2.45) is 5.92 Å². The third kappa shape index (κ3) is 3.37. The maximum absolute atomic E-state index is 11.5. The molecule has 1 saturated heterocycles. The van der Waals surface area contributed by atoms with Gasteiger partial charge in [0.05, 0.1) is 14.2 Å². The Morgan fingerprint density at radius 2 is 1.88 bits per heavy atom. The molecular formula is C10H18N2O4. The highest BCUT2D eigenvalue weighted by Crippen LogP contribution is 2.17. The van der Waals surface area contributed by atoms with Gasteiger partial charge in [0.25, 0.3) is 0 Å². The lowest BCUT2D eigenvalue weighted by Gasteiger charge is -2.28. The first-order valence-corrected chi connectivity index (χ1v) is 5.32. The lowest BCUT2D eigenvalue weighted by Crippen LogP contribution is -2.49. The lowest BCUT2D eigenvalue weighted by molar-refractivity contribution is -0.144. The number of methoxy groups -OCH3 is 2. The van der Waals surface area contributed by atoms with Gasteiger partial charge in [-0.25, -0.2) is 9.59 Å². The summed E-state index contributed by atoms with van der Waals surface area (Å²) in [5.74, 6) is -0.315. The van der Waals surface area contributed by atoms with Gasteiger partial charge in [-0.05, 0) is 31.8 Å². The zero-order valence-corrected chi connectivity index (χ0v) is 9.62. The number of esters is 1. The highest BCUT2D eigenvalue weighted by molar-refractivity contribution is 5.81. The van der Waals surface area contributed by atoms with Crippen LogP contribution < -0.4 is 10.6 Å². The van der Waals surface area contributed by atoms with Crippen LogP contribution >= 0.6 is 0 Å². The molecule has 0 aromatic rings. The van der Waals surface area contributed by atoms with Crippen LogP contribution in [0.5, 0.6) is 0 Å². The van der Waals surface area contributed by atoms with Gasteiger partial charge < -0.3 is 20.1 Å². The van der Waals surface area contributed by atoms with Gasteiger partial charge in [-0.1, -0.05) is 0 Å². The normalized spacial score (nSPS) is 18.6. The molecule has 0 bridgehead atoms. The Kier molecular flexibility index (Phi) is 5.04. The zero-order chi connectivity index (χ0) is 12.0. The first-order chi connectivity index (χ1) is 7.69. The first-order valence-electron chi connectivity index (χ1n) is 5.32. The molecule has 1 aliphatic rings. The molecule has 1 fully saturated rings. The maximum Gasteiger partial charge on any atom is 0.407 e. The summed E-state index contributed by atoms with van der Waals surface area (Å²) in [6.45, 7) is 1.70. The van der Waals surface area contributed by atoms with E-state index in [1.54, 1.807) is 0 Å². The monoisotopic (exact) mass is 230 g/mol. The number of rotatable bonds is 3. The molecule has 0 aromatic carbocycles. The van der Waals surface area contributed by atoms with E-state index in [4.69, 9.17) is 0 Å². The third-order valence-corrected chi connectivity index (χ3v) is 2.77. The molecule has 1 rings (SSSR count). The Morgan fingerprint density at radius 3 is 2.38 bits per heavy atom. The number of hydrogen-bond acceptors (Lipinski definition) is 5. The molecule has 0 aliphatic carbocycles. The van der Waals surface area contributed by atoms with Crippen LogP contribution in [0.1, 0.15) is 12.8 Å². The van der Waals surface area contributed by atoms with Crippen LogP contribution in [-0.4, -0.2) is 45.4 Å². The maximum atomic E-state index is 11.5. The van der Waals surface area contributed by atoms with E-state index < -0.39 is 18.1 Å². The quantitative estimate of drug-likeness (QED) is 0.661. The van der Waals surface area contributed by atoms with Crippen LogP contribution in [0.15, 0.2) is 0 Å². The van der Waals surface area contributed by atoms with Gasteiger partial charge >= 0.3 is 12.1 Å². The van der Waals surface area contributed by atoms with Gasteiger partial charge in [0.1, 0.15) is 6.04 Å². The number of alkyl carbamates (subject to hydrolysis) is 1. The molecule has 1 heterocycles.